The van der Waals surface area contributed by atoms with Gasteiger partial charge < -0.3 is 10.2 Å². The highest BCUT2D eigenvalue weighted by Crippen LogP contribution is 2.18. The average molecular weight is 693 g/mol. The first-order valence-corrected chi connectivity index (χ1v) is 23.1. The van der Waals surface area contributed by atoms with Gasteiger partial charge in [0.05, 0.1) is 6.10 Å². The third-order valence-corrected chi connectivity index (χ3v) is 11.1. The van der Waals surface area contributed by atoms with Gasteiger partial charge in [0.2, 0.25) is 0 Å². The minimum absolute atomic E-state index is 0.0522. The molecule has 0 aromatic carbocycles. The second-order valence-corrected chi connectivity index (χ2v) is 16.2. The van der Waals surface area contributed by atoms with Crippen LogP contribution in [0, 0.1) is 0 Å². The van der Waals surface area contributed by atoms with Gasteiger partial charge in [-0.25, -0.2) is 0 Å². The van der Waals surface area contributed by atoms with E-state index in [-0.39, 0.29) is 6.10 Å². The lowest BCUT2D eigenvalue weighted by atomic mass is 10.0. The van der Waals surface area contributed by atoms with Crippen molar-refractivity contribution in [1.29, 1.82) is 0 Å². The summed E-state index contributed by atoms with van der Waals surface area (Å²) in [5, 5.41) is 19.0. The standard InChI is InChI=1S/C46H92O3/c1-2-3-4-5-6-7-8-9-10-11-12-15-18-21-24-27-30-33-36-39-42-45(47)43-40-37-34-31-28-25-22-19-16-13-14-17-20-23-26-29-32-35-38-41-44-46(48)49/h45,47H,2-44H2,1H3,(H,48,49). The third kappa shape index (κ3) is 45.4. The molecule has 0 heterocycles. The molecular weight excluding hydrogens is 601 g/mol. The molecule has 0 aliphatic rings. The number of hydrogen-bond acceptors (Lipinski definition) is 2. The molecule has 1 unspecified atom stereocenters. The number of aliphatic carboxylic acids is 1. The van der Waals surface area contributed by atoms with Crippen LogP contribution in [0.1, 0.15) is 283 Å². The molecule has 0 aliphatic carbocycles. The van der Waals surface area contributed by atoms with Crippen molar-refractivity contribution in [2.45, 2.75) is 289 Å². The minimum Gasteiger partial charge on any atom is -0.481 e. The third-order valence-electron chi connectivity index (χ3n) is 11.1. The van der Waals surface area contributed by atoms with Crippen molar-refractivity contribution >= 4 is 5.97 Å². The van der Waals surface area contributed by atoms with Gasteiger partial charge in [-0.15, -0.1) is 0 Å². The first-order valence-electron chi connectivity index (χ1n) is 23.1. The maximum atomic E-state index is 10.5. The van der Waals surface area contributed by atoms with Crippen molar-refractivity contribution in [2.24, 2.45) is 0 Å². The molecule has 0 radical (unpaired) electrons. The van der Waals surface area contributed by atoms with E-state index in [1.807, 2.05) is 0 Å². The highest BCUT2D eigenvalue weighted by atomic mass is 16.4. The van der Waals surface area contributed by atoms with Gasteiger partial charge in [-0.3, -0.25) is 4.79 Å². The first kappa shape index (κ1) is 48.4. The quantitative estimate of drug-likeness (QED) is 0.0625. The normalized spacial score (nSPS) is 12.2. The molecule has 294 valence electrons. The Morgan fingerprint density at radius 3 is 0.714 bits per heavy atom. The van der Waals surface area contributed by atoms with Crippen LogP contribution in [0.5, 0.6) is 0 Å². The Morgan fingerprint density at radius 2 is 0.510 bits per heavy atom. The Morgan fingerprint density at radius 1 is 0.327 bits per heavy atom. The Balaban J connectivity index is 3.14. The summed E-state index contributed by atoms with van der Waals surface area (Å²) < 4.78 is 0. The molecule has 0 saturated heterocycles. The zero-order valence-electron chi connectivity index (χ0n) is 33.8. The van der Waals surface area contributed by atoms with Crippen LogP contribution >= 0.6 is 0 Å². The molecular formula is C46H92O3. The molecule has 0 rings (SSSR count). The predicted octanol–water partition coefficient (Wildman–Crippen LogP) is 16.2. The van der Waals surface area contributed by atoms with E-state index in [4.69, 9.17) is 5.11 Å². The molecule has 0 aliphatic heterocycles. The molecule has 0 bridgehead atoms. The molecule has 0 aromatic heterocycles. The molecule has 1 atom stereocenters. The number of unbranched alkanes of at least 4 members (excludes halogenated alkanes) is 38. The van der Waals surface area contributed by atoms with Crippen LogP contribution < -0.4 is 0 Å². The van der Waals surface area contributed by atoms with Gasteiger partial charge in [0.15, 0.2) is 0 Å². The number of aliphatic hydroxyl groups excluding tert-OH is 1. The molecule has 0 aromatic rings. The van der Waals surface area contributed by atoms with Gasteiger partial charge in [-0.2, -0.15) is 0 Å². The second-order valence-electron chi connectivity index (χ2n) is 16.2. The van der Waals surface area contributed by atoms with Crippen molar-refractivity contribution in [1.82, 2.24) is 0 Å². The second kappa shape index (κ2) is 43.6. The minimum atomic E-state index is -0.653. The average Bonchev–Trinajstić information content (AvgIpc) is 3.09. The van der Waals surface area contributed by atoms with Gasteiger partial charge in [-0.05, 0) is 19.3 Å². The summed E-state index contributed by atoms with van der Waals surface area (Å²) in [6, 6.07) is 0. The first-order chi connectivity index (χ1) is 24.2. The lowest BCUT2D eigenvalue weighted by molar-refractivity contribution is -0.137. The maximum absolute atomic E-state index is 10.5. The number of carboxylic acids is 1. The molecule has 3 nitrogen and oxygen atoms in total. The Labute approximate surface area is 309 Å². The molecule has 0 amide bonds. The van der Waals surface area contributed by atoms with Crippen molar-refractivity contribution in [3.8, 4) is 0 Å². The van der Waals surface area contributed by atoms with Crippen LogP contribution in [0.3, 0.4) is 0 Å². The molecule has 0 fully saturated rings. The molecule has 2 N–H and O–H groups in total. The Bertz CT molecular complexity index is 605. The summed E-state index contributed by atoms with van der Waals surface area (Å²) in [7, 11) is 0. The highest BCUT2D eigenvalue weighted by molar-refractivity contribution is 5.66. The number of aliphatic hydroxyl groups is 1. The lowest BCUT2D eigenvalue weighted by Crippen LogP contribution is -2.05. The number of rotatable bonds is 44. The van der Waals surface area contributed by atoms with Crippen molar-refractivity contribution in [3.63, 3.8) is 0 Å². The summed E-state index contributed by atoms with van der Waals surface area (Å²) in [5.41, 5.74) is 0. The summed E-state index contributed by atoms with van der Waals surface area (Å²) in [6.07, 6.45) is 57.3. The van der Waals surface area contributed by atoms with E-state index in [1.54, 1.807) is 0 Å². The predicted molar refractivity (Wildman–Crippen MR) is 218 cm³/mol. The van der Waals surface area contributed by atoms with Crippen LogP contribution in [0.25, 0.3) is 0 Å². The van der Waals surface area contributed by atoms with E-state index in [2.05, 4.69) is 6.92 Å². The van der Waals surface area contributed by atoms with Gasteiger partial charge in [-0.1, -0.05) is 257 Å². The Hall–Kier alpha value is -0.570. The van der Waals surface area contributed by atoms with E-state index in [0.717, 1.165) is 25.7 Å². The molecule has 0 spiro atoms. The lowest BCUT2D eigenvalue weighted by Gasteiger charge is -2.10. The van der Waals surface area contributed by atoms with Crippen LogP contribution in [-0.4, -0.2) is 22.3 Å². The zero-order chi connectivity index (χ0) is 35.6. The van der Waals surface area contributed by atoms with Gasteiger partial charge in [0, 0.05) is 6.42 Å². The largest absolute Gasteiger partial charge is 0.481 e. The van der Waals surface area contributed by atoms with E-state index in [9.17, 15) is 9.90 Å². The van der Waals surface area contributed by atoms with Crippen molar-refractivity contribution in [3.05, 3.63) is 0 Å². The summed E-state index contributed by atoms with van der Waals surface area (Å²) in [5.74, 6) is -0.653. The number of hydrogen-bond donors (Lipinski definition) is 2. The van der Waals surface area contributed by atoms with Crippen LogP contribution in [0.4, 0.5) is 0 Å². The topological polar surface area (TPSA) is 57.5 Å². The monoisotopic (exact) mass is 693 g/mol. The SMILES string of the molecule is CCCCCCCCCCCCCCCCCCCCCCC(O)CCCCCCCCCCCCCCCCCCCCCCC(=O)O. The molecule has 49 heavy (non-hydrogen) atoms. The fourth-order valence-corrected chi connectivity index (χ4v) is 7.62. The fraction of sp³-hybridized carbons (Fsp3) is 0.978. The van der Waals surface area contributed by atoms with Gasteiger partial charge >= 0.3 is 5.97 Å². The number of carboxylic acid groups (broad SMARTS) is 1. The van der Waals surface area contributed by atoms with Crippen molar-refractivity contribution < 1.29 is 15.0 Å². The summed E-state index contributed by atoms with van der Waals surface area (Å²) >= 11 is 0. The highest BCUT2D eigenvalue weighted by Gasteiger charge is 2.04. The fourth-order valence-electron chi connectivity index (χ4n) is 7.62. The molecule has 3 heteroatoms. The van der Waals surface area contributed by atoms with Gasteiger partial charge in [0.1, 0.15) is 0 Å². The summed E-state index contributed by atoms with van der Waals surface area (Å²) in [4.78, 5) is 10.5. The van der Waals surface area contributed by atoms with Crippen molar-refractivity contribution in [2.75, 3.05) is 0 Å². The van der Waals surface area contributed by atoms with Crippen LogP contribution in [0.2, 0.25) is 0 Å². The Kier molecular flexibility index (Phi) is 43.1. The van der Waals surface area contributed by atoms with E-state index in [1.165, 1.54) is 244 Å². The van der Waals surface area contributed by atoms with E-state index in [0.29, 0.717) is 6.42 Å². The molecule has 0 saturated carbocycles. The van der Waals surface area contributed by atoms with E-state index < -0.39 is 5.97 Å². The van der Waals surface area contributed by atoms with Gasteiger partial charge in [0.25, 0.3) is 0 Å². The smallest absolute Gasteiger partial charge is 0.303 e. The van der Waals surface area contributed by atoms with E-state index >= 15 is 0 Å². The zero-order valence-corrected chi connectivity index (χ0v) is 33.8. The summed E-state index contributed by atoms with van der Waals surface area (Å²) in [6.45, 7) is 2.30. The maximum Gasteiger partial charge on any atom is 0.303 e. The van der Waals surface area contributed by atoms with Crippen LogP contribution in [0.15, 0.2) is 0 Å². The number of carbonyl (C=O) groups is 1. The van der Waals surface area contributed by atoms with Crippen LogP contribution in [-0.2, 0) is 4.79 Å².